The number of amides is 1. The minimum absolute atomic E-state index is 0.176. The molecule has 8 heteroatoms. The first-order valence-corrected chi connectivity index (χ1v) is 8.37. The van der Waals surface area contributed by atoms with E-state index in [1.54, 1.807) is 19.1 Å². The van der Waals surface area contributed by atoms with Crippen LogP contribution in [0.25, 0.3) is 0 Å². The molecule has 0 heterocycles. The van der Waals surface area contributed by atoms with Gasteiger partial charge in [0.1, 0.15) is 6.29 Å². The second-order valence-electron chi connectivity index (χ2n) is 4.85. The first-order valence-electron chi connectivity index (χ1n) is 7.23. The highest BCUT2D eigenvalue weighted by Crippen LogP contribution is 2.36. The molecule has 0 saturated carbocycles. The number of carbonyl (C=O) groups is 2. The Balaban J connectivity index is 2.08. The molecule has 0 aliphatic rings. The Kier molecular flexibility index (Phi) is 6.93. The number of nitrogens with one attached hydrogen (secondary N) is 1. The van der Waals surface area contributed by atoms with Crippen molar-refractivity contribution in [3.8, 4) is 11.5 Å². The molecule has 0 atom stereocenters. The van der Waals surface area contributed by atoms with Crippen LogP contribution in [0, 0.1) is 0 Å². The molecule has 2 aromatic carbocycles. The Morgan fingerprint density at radius 3 is 2.48 bits per heavy atom. The van der Waals surface area contributed by atoms with Gasteiger partial charge >= 0.3 is 0 Å². The average molecular weight is 403 g/mol. The molecule has 2 aromatic rings. The van der Waals surface area contributed by atoms with Gasteiger partial charge in [-0.05, 0) is 37.3 Å². The first-order chi connectivity index (χ1) is 11.9. The lowest BCUT2D eigenvalue weighted by atomic mass is 10.2. The first kappa shape index (κ1) is 19.4. The largest absolute Gasteiger partial charge is 0.490 e. The van der Waals surface area contributed by atoms with E-state index in [-0.39, 0.29) is 17.4 Å². The molecule has 5 nitrogen and oxygen atoms in total. The molecule has 0 aromatic heterocycles. The number of rotatable bonds is 7. The molecular formula is C17H14Cl3NO4. The highest BCUT2D eigenvalue weighted by atomic mass is 35.5. The van der Waals surface area contributed by atoms with Crippen molar-refractivity contribution in [2.45, 2.75) is 6.92 Å². The van der Waals surface area contributed by atoms with Gasteiger partial charge < -0.3 is 14.8 Å². The van der Waals surface area contributed by atoms with Gasteiger partial charge in [-0.2, -0.15) is 0 Å². The van der Waals surface area contributed by atoms with E-state index in [1.807, 2.05) is 0 Å². The van der Waals surface area contributed by atoms with Gasteiger partial charge in [0.15, 0.2) is 18.1 Å². The molecule has 0 spiro atoms. The number of hydrogen-bond acceptors (Lipinski definition) is 4. The van der Waals surface area contributed by atoms with Gasteiger partial charge in [0.25, 0.3) is 5.91 Å². The Bertz CT molecular complexity index is 796. The summed E-state index contributed by atoms with van der Waals surface area (Å²) in [6.45, 7) is 1.83. The molecule has 0 unspecified atom stereocenters. The van der Waals surface area contributed by atoms with E-state index in [0.717, 1.165) is 0 Å². The third-order valence-corrected chi connectivity index (χ3v) is 4.04. The van der Waals surface area contributed by atoms with E-state index in [1.165, 1.54) is 18.2 Å². The predicted octanol–water partition coefficient (Wildman–Crippen LogP) is 4.88. The lowest BCUT2D eigenvalue weighted by Crippen LogP contribution is -2.20. The standard InChI is InChI=1S/C17H14Cl3NO4/c1-2-24-15-6-10(8-22)5-14(20)17(15)25-9-16(23)21-11-3-4-12(18)13(19)7-11/h3-8H,2,9H2,1H3,(H,21,23). The van der Waals surface area contributed by atoms with Crippen LogP contribution >= 0.6 is 34.8 Å². The van der Waals surface area contributed by atoms with Crippen molar-refractivity contribution in [1.82, 2.24) is 0 Å². The van der Waals surface area contributed by atoms with Crippen LogP contribution < -0.4 is 14.8 Å². The van der Waals surface area contributed by atoms with Gasteiger partial charge in [-0.15, -0.1) is 0 Å². The van der Waals surface area contributed by atoms with Crippen molar-refractivity contribution < 1.29 is 19.1 Å². The minimum atomic E-state index is -0.420. The maximum absolute atomic E-state index is 12.0. The normalized spacial score (nSPS) is 10.2. The summed E-state index contributed by atoms with van der Waals surface area (Å²) < 4.78 is 10.9. The quantitative estimate of drug-likeness (QED) is 0.671. The Morgan fingerprint density at radius 2 is 1.84 bits per heavy atom. The molecule has 25 heavy (non-hydrogen) atoms. The average Bonchev–Trinajstić information content (AvgIpc) is 2.57. The number of benzene rings is 2. The van der Waals surface area contributed by atoms with Gasteiger partial charge in [0.2, 0.25) is 0 Å². The molecule has 0 bridgehead atoms. The second-order valence-corrected chi connectivity index (χ2v) is 6.07. The maximum Gasteiger partial charge on any atom is 0.262 e. The van der Waals surface area contributed by atoms with Crippen LogP contribution in [0.4, 0.5) is 5.69 Å². The van der Waals surface area contributed by atoms with E-state index in [4.69, 9.17) is 44.3 Å². The molecule has 2 rings (SSSR count). The summed E-state index contributed by atoms with van der Waals surface area (Å²) in [5, 5.41) is 3.52. The van der Waals surface area contributed by atoms with Crippen LogP contribution in [-0.4, -0.2) is 25.4 Å². The molecule has 0 aliphatic carbocycles. The second kappa shape index (κ2) is 8.94. The maximum atomic E-state index is 12.0. The molecule has 0 aliphatic heterocycles. The van der Waals surface area contributed by atoms with Crippen LogP contribution in [0.5, 0.6) is 11.5 Å². The number of anilines is 1. The summed E-state index contributed by atoms with van der Waals surface area (Å²) in [5.74, 6) is 0.0641. The lowest BCUT2D eigenvalue weighted by molar-refractivity contribution is -0.118. The van der Waals surface area contributed by atoms with Crippen LogP contribution in [0.15, 0.2) is 30.3 Å². The number of carbonyl (C=O) groups excluding carboxylic acids is 2. The van der Waals surface area contributed by atoms with Gasteiger partial charge in [0.05, 0.1) is 21.7 Å². The number of halogens is 3. The predicted molar refractivity (Wildman–Crippen MR) is 98.6 cm³/mol. The van der Waals surface area contributed by atoms with E-state index in [0.29, 0.717) is 39.9 Å². The molecule has 0 saturated heterocycles. The van der Waals surface area contributed by atoms with Gasteiger partial charge in [-0.3, -0.25) is 9.59 Å². The topological polar surface area (TPSA) is 64.6 Å². The monoisotopic (exact) mass is 401 g/mol. The van der Waals surface area contributed by atoms with Crippen molar-refractivity contribution in [2.75, 3.05) is 18.5 Å². The summed E-state index contributed by atoms with van der Waals surface area (Å²) in [6, 6.07) is 7.64. The SMILES string of the molecule is CCOc1cc(C=O)cc(Cl)c1OCC(=O)Nc1ccc(Cl)c(Cl)c1. The minimum Gasteiger partial charge on any atom is -0.490 e. The summed E-state index contributed by atoms with van der Waals surface area (Å²) >= 11 is 17.8. The lowest BCUT2D eigenvalue weighted by Gasteiger charge is -2.14. The van der Waals surface area contributed by atoms with Crippen molar-refractivity contribution >= 4 is 52.7 Å². The Hall–Kier alpha value is -1.95. The highest BCUT2D eigenvalue weighted by Gasteiger charge is 2.14. The van der Waals surface area contributed by atoms with Crippen LogP contribution in [0.2, 0.25) is 15.1 Å². The summed E-state index contributed by atoms with van der Waals surface area (Å²) in [5.41, 5.74) is 0.830. The fraction of sp³-hybridized carbons (Fsp3) is 0.176. The third-order valence-electron chi connectivity index (χ3n) is 3.02. The van der Waals surface area contributed by atoms with Crippen molar-refractivity contribution in [3.63, 3.8) is 0 Å². The zero-order valence-corrected chi connectivity index (χ0v) is 15.4. The smallest absolute Gasteiger partial charge is 0.262 e. The molecule has 0 radical (unpaired) electrons. The fourth-order valence-corrected chi connectivity index (χ4v) is 2.54. The Morgan fingerprint density at radius 1 is 1.08 bits per heavy atom. The van der Waals surface area contributed by atoms with Crippen molar-refractivity contribution in [1.29, 1.82) is 0 Å². The van der Waals surface area contributed by atoms with Crippen LogP contribution in [-0.2, 0) is 4.79 Å². The fourth-order valence-electron chi connectivity index (χ4n) is 1.97. The van der Waals surface area contributed by atoms with Crippen molar-refractivity contribution in [2.24, 2.45) is 0 Å². The summed E-state index contributed by atoms with van der Waals surface area (Å²) in [7, 11) is 0. The highest BCUT2D eigenvalue weighted by molar-refractivity contribution is 6.42. The van der Waals surface area contributed by atoms with E-state index in [9.17, 15) is 9.59 Å². The molecular weight excluding hydrogens is 389 g/mol. The Labute approximate surface area is 159 Å². The third kappa shape index (κ3) is 5.26. The van der Waals surface area contributed by atoms with Crippen LogP contribution in [0.3, 0.4) is 0 Å². The van der Waals surface area contributed by atoms with Crippen molar-refractivity contribution in [3.05, 3.63) is 51.0 Å². The van der Waals surface area contributed by atoms with Gasteiger partial charge in [0, 0.05) is 11.3 Å². The van der Waals surface area contributed by atoms with Gasteiger partial charge in [-0.1, -0.05) is 34.8 Å². The zero-order chi connectivity index (χ0) is 18.4. The van der Waals surface area contributed by atoms with E-state index in [2.05, 4.69) is 5.32 Å². The summed E-state index contributed by atoms with van der Waals surface area (Å²) in [6.07, 6.45) is 0.648. The van der Waals surface area contributed by atoms with E-state index >= 15 is 0 Å². The molecule has 0 fully saturated rings. The number of hydrogen-bond donors (Lipinski definition) is 1. The molecule has 132 valence electrons. The van der Waals surface area contributed by atoms with Crippen LogP contribution in [0.1, 0.15) is 17.3 Å². The van der Waals surface area contributed by atoms with E-state index < -0.39 is 5.91 Å². The molecule has 1 amide bonds. The molecule has 1 N–H and O–H groups in total. The summed E-state index contributed by atoms with van der Waals surface area (Å²) in [4.78, 5) is 22.9. The number of ether oxygens (including phenoxy) is 2. The van der Waals surface area contributed by atoms with Gasteiger partial charge in [-0.25, -0.2) is 0 Å². The zero-order valence-electron chi connectivity index (χ0n) is 13.1. The number of aldehydes is 1.